The Hall–Kier alpha value is -1.49. The van der Waals surface area contributed by atoms with Crippen LogP contribution in [-0.4, -0.2) is 22.9 Å². The molecule has 23 heavy (non-hydrogen) atoms. The zero-order valence-corrected chi connectivity index (χ0v) is 14.7. The van der Waals surface area contributed by atoms with Crippen molar-refractivity contribution in [1.29, 1.82) is 0 Å². The van der Waals surface area contributed by atoms with Crippen molar-refractivity contribution in [2.75, 3.05) is 12.4 Å². The Morgan fingerprint density at radius 3 is 2.48 bits per heavy atom. The van der Waals surface area contributed by atoms with Crippen LogP contribution >= 0.6 is 11.6 Å². The summed E-state index contributed by atoms with van der Waals surface area (Å²) in [5.41, 5.74) is 2.88. The molecule has 0 aliphatic carbocycles. The van der Waals surface area contributed by atoms with Gasteiger partial charge in [-0.1, -0.05) is 54.1 Å². The molecule has 0 saturated heterocycles. The van der Waals surface area contributed by atoms with Crippen LogP contribution in [0.15, 0.2) is 48.5 Å². The van der Waals surface area contributed by atoms with Crippen molar-refractivity contribution in [1.82, 2.24) is 0 Å². The van der Waals surface area contributed by atoms with E-state index in [0.29, 0.717) is 11.6 Å². The lowest BCUT2D eigenvalue weighted by atomic mass is 10.0. The molecule has 2 atom stereocenters. The third-order valence-corrected chi connectivity index (χ3v) is 5.44. The fraction of sp³-hybridized carbons (Fsp3) is 0.278. The molecule has 0 saturated carbocycles. The minimum absolute atomic E-state index is 0.0821. The smallest absolute Gasteiger partial charge is 0.356 e. The normalized spacial score (nSPS) is 13.4. The minimum Gasteiger partial charge on any atom is -0.615 e. The van der Waals surface area contributed by atoms with E-state index in [1.807, 2.05) is 55.5 Å². The monoisotopic (exact) mass is 350 g/mol. The summed E-state index contributed by atoms with van der Waals surface area (Å²) >= 11 is 4.90. The van der Waals surface area contributed by atoms with Crippen LogP contribution in [0, 0.1) is 0 Å². The molecule has 0 fully saturated rings. The first-order valence-corrected chi connectivity index (χ1v) is 9.16. The van der Waals surface area contributed by atoms with Gasteiger partial charge in [0.15, 0.2) is 0 Å². The van der Waals surface area contributed by atoms with Crippen LogP contribution in [0.4, 0.5) is 0 Å². The number of carbonyl (C=O) groups is 1. The number of esters is 1. The summed E-state index contributed by atoms with van der Waals surface area (Å²) in [5.74, 6) is -0.508. The molecular formula is C18H19ClO3S. The molecule has 0 aromatic heterocycles. The lowest BCUT2D eigenvalue weighted by Gasteiger charge is -2.18. The van der Waals surface area contributed by atoms with Gasteiger partial charge in [0.25, 0.3) is 0 Å². The maximum atomic E-state index is 12.2. The van der Waals surface area contributed by atoms with E-state index in [2.05, 4.69) is 0 Å². The summed E-state index contributed by atoms with van der Waals surface area (Å²) in [6.07, 6.45) is 0. The largest absolute Gasteiger partial charge is 0.615 e. The van der Waals surface area contributed by atoms with Crippen molar-refractivity contribution in [3.05, 3.63) is 59.1 Å². The van der Waals surface area contributed by atoms with Crippen LogP contribution in [0.2, 0.25) is 5.02 Å². The fourth-order valence-corrected chi connectivity index (χ4v) is 3.50. The summed E-state index contributed by atoms with van der Waals surface area (Å²) in [7, 11) is 0. The van der Waals surface area contributed by atoms with Crippen molar-refractivity contribution in [2.45, 2.75) is 19.1 Å². The van der Waals surface area contributed by atoms with Gasteiger partial charge in [-0.05, 0) is 36.7 Å². The molecule has 5 heteroatoms. The molecule has 0 N–H and O–H groups in total. The van der Waals surface area contributed by atoms with E-state index < -0.39 is 17.1 Å². The van der Waals surface area contributed by atoms with Crippen LogP contribution < -0.4 is 0 Å². The van der Waals surface area contributed by atoms with E-state index in [4.69, 9.17) is 16.3 Å². The van der Waals surface area contributed by atoms with Crippen molar-refractivity contribution < 1.29 is 14.1 Å². The average molecular weight is 351 g/mol. The lowest BCUT2D eigenvalue weighted by molar-refractivity contribution is -0.139. The molecule has 0 radical (unpaired) electrons. The molecule has 3 nitrogen and oxygen atoms in total. The summed E-state index contributed by atoms with van der Waals surface area (Å²) in [6.45, 7) is 3.88. The third-order valence-electron chi connectivity index (χ3n) is 3.52. The Kier molecular flexibility index (Phi) is 6.51. The Bertz CT molecular complexity index is 658. The highest BCUT2D eigenvalue weighted by Gasteiger charge is 2.23. The van der Waals surface area contributed by atoms with Gasteiger partial charge in [-0.25, -0.2) is 4.79 Å². The molecule has 122 valence electrons. The minimum atomic E-state index is -1.30. The standard InChI is InChI=1S/C18H19ClO3S/c1-3-22-18(20)12-23(21)13(2)14-8-10-15(11-9-14)16-6-4-5-7-17(16)19/h4-11,13H,3,12H2,1-2H3. The second kappa shape index (κ2) is 8.39. The molecule has 0 spiro atoms. The first kappa shape index (κ1) is 17.9. The van der Waals surface area contributed by atoms with Crippen LogP contribution in [0.25, 0.3) is 11.1 Å². The van der Waals surface area contributed by atoms with E-state index in [0.717, 1.165) is 16.7 Å². The average Bonchev–Trinajstić information content (AvgIpc) is 2.55. The Morgan fingerprint density at radius 1 is 1.22 bits per heavy atom. The quantitative estimate of drug-likeness (QED) is 0.573. The number of halogens is 1. The number of rotatable bonds is 6. The molecule has 0 bridgehead atoms. The molecule has 2 aromatic rings. The van der Waals surface area contributed by atoms with Gasteiger partial charge in [0, 0.05) is 16.1 Å². The second-order valence-corrected chi connectivity index (χ2v) is 7.24. The van der Waals surface area contributed by atoms with Gasteiger partial charge in [-0.3, -0.25) is 0 Å². The lowest BCUT2D eigenvalue weighted by Crippen LogP contribution is -2.22. The van der Waals surface area contributed by atoms with E-state index in [9.17, 15) is 9.35 Å². The van der Waals surface area contributed by atoms with Crippen molar-refractivity contribution >= 4 is 28.7 Å². The van der Waals surface area contributed by atoms with E-state index in [-0.39, 0.29) is 11.0 Å². The van der Waals surface area contributed by atoms with Crippen LogP contribution in [0.5, 0.6) is 0 Å². The first-order valence-electron chi connectivity index (χ1n) is 7.40. The number of carbonyl (C=O) groups excluding carboxylic acids is 1. The van der Waals surface area contributed by atoms with Crippen molar-refractivity contribution in [2.24, 2.45) is 0 Å². The second-order valence-electron chi connectivity index (χ2n) is 5.07. The van der Waals surface area contributed by atoms with Crippen LogP contribution in [0.3, 0.4) is 0 Å². The summed E-state index contributed by atoms with van der Waals surface area (Å²) in [4.78, 5) is 11.4. The van der Waals surface area contributed by atoms with Gasteiger partial charge >= 0.3 is 5.97 Å². The van der Waals surface area contributed by atoms with Gasteiger partial charge in [0.05, 0.1) is 6.61 Å². The maximum absolute atomic E-state index is 12.2. The van der Waals surface area contributed by atoms with Crippen LogP contribution in [0.1, 0.15) is 24.7 Å². The Labute approximate surface area is 144 Å². The first-order chi connectivity index (χ1) is 11.0. The van der Waals surface area contributed by atoms with E-state index >= 15 is 0 Å². The highest BCUT2D eigenvalue weighted by Crippen LogP contribution is 2.30. The summed E-state index contributed by atoms with van der Waals surface area (Å²) in [6, 6.07) is 15.4. The van der Waals surface area contributed by atoms with Gasteiger partial charge < -0.3 is 9.29 Å². The molecule has 0 heterocycles. The highest BCUT2D eigenvalue weighted by molar-refractivity contribution is 7.92. The molecule has 2 rings (SSSR count). The van der Waals surface area contributed by atoms with Crippen LogP contribution in [-0.2, 0) is 20.7 Å². The van der Waals surface area contributed by atoms with E-state index in [1.165, 1.54) is 0 Å². The molecule has 2 unspecified atom stereocenters. The maximum Gasteiger partial charge on any atom is 0.356 e. The third kappa shape index (κ3) is 4.74. The summed E-state index contributed by atoms with van der Waals surface area (Å²) < 4.78 is 17.1. The van der Waals surface area contributed by atoms with Gasteiger partial charge in [-0.15, -0.1) is 0 Å². The number of hydrogen-bond acceptors (Lipinski definition) is 3. The van der Waals surface area contributed by atoms with Gasteiger partial charge in [0.1, 0.15) is 5.25 Å². The number of benzene rings is 2. The summed E-state index contributed by atoms with van der Waals surface area (Å²) in [5, 5.41) is 0.457. The number of hydrogen-bond donors (Lipinski definition) is 0. The van der Waals surface area contributed by atoms with Gasteiger partial charge in [-0.2, -0.15) is 0 Å². The topological polar surface area (TPSA) is 49.4 Å². The Morgan fingerprint density at radius 2 is 1.87 bits per heavy atom. The molecule has 0 aliphatic heterocycles. The number of ether oxygens (including phenoxy) is 1. The van der Waals surface area contributed by atoms with E-state index in [1.54, 1.807) is 6.92 Å². The predicted octanol–water partition coefficient (Wildman–Crippen LogP) is 4.38. The van der Waals surface area contributed by atoms with Gasteiger partial charge in [0.2, 0.25) is 5.75 Å². The molecular weight excluding hydrogens is 332 g/mol. The predicted molar refractivity (Wildman–Crippen MR) is 94.9 cm³/mol. The zero-order chi connectivity index (χ0) is 16.8. The fourth-order valence-electron chi connectivity index (χ4n) is 2.22. The SMILES string of the molecule is CCOC(=O)C[S+]([O-])C(C)c1ccc(-c2ccccc2Cl)cc1. The van der Waals surface area contributed by atoms with Crippen molar-refractivity contribution in [3.8, 4) is 11.1 Å². The van der Waals surface area contributed by atoms with Crippen molar-refractivity contribution in [3.63, 3.8) is 0 Å². The molecule has 0 amide bonds. The molecule has 2 aromatic carbocycles. The molecule has 0 aliphatic rings. The zero-order valence-electron chi connectivity index (χ0n) is 13.1. The Balaban J connectivity index is 2.10. The highest BCUT2D eigenvalue weighted by atomic mass is 35.5.